The minimum absolute atomic E-state index is 0.00513. The number of aromatic nitrogens is 1. The molecule has 21 heavy (non-hydrogen) atoms. The Bertz CT molecular complexity index is 648. The van der Waals surface area contributed by atoms with E-state index in [1.165, 1.54) is 17.2 Å². The molecule has 1 aromatic heterocycles. The number of nitrogens with zero attached hydrogens (tertiary/aromatic N) is 2. The molecule has 0 aliphatic carbocycles. The van der Waals surface area contributed by atoms with Gasteiger partial charge >= 0.3 is 0 Å². The first-order chi connectivity index (χ1) is 10.0. The van der Waals surface area contributed by atoms with Gasteiger partial charge in [-0.3, -0.25) is 4.79 Å². The lowest BCUT2D eigenvalue weighted by molar-refractivity contribution is 0.313. The van der Waals surface area contributed by atoms with Crippen LogP contribution in [0, 0.1) is 6.92 Å². The van der Waals surface area contributed by atoms with Crippen molar-refractivity contribution in [1.82, 2.24) is 9.47 Å². The minimum Gasteiger partial charge on any atom is -0.398 e. The fourth-order valence-electron chi connectivity index (χ4n) is 2.44. The maximum absolute atomic E-state index is 11.7. The fourth-order valence-corrected chi connectivity index (χ4v) is 2.44. The molecule has 0 radical (unpaired) electrons. The average molecular weight is 285 g/mol. The molecule has 2 rings (SSSR count). The monoisotopic (exact) mass is 285 g/mol. The molecule has 0 amide bonds. The van der Waals surface area contributed by atoms with Gasteiger partial charge in [0, 0.05) is 31.0 Å². The highest BCUT2D eigenvalue weighted by atomic mass is 16.1. The molecule has 0 bridgehead atoms. The maximum atomic E-state index is 11.7. The summed E-state index contributed by atoms with van der Waals surface area (Å²) in [6.45, 7) is 4.67. The Balaban J connectivity index is 1.83. The largest absolute Gasteiger partial charge is 0.398 e. The van der Waals surface area contributed by atoms with Crippen LogP contribution < -0.4 is 11.3 Å². The SMILES string of the molecule is Cc1cccc(CN(C)CCCn2cc(N)ccc2=O)c1. The van der Waals surface area contributed by atoms with Crippen LogP contribution in [0.1, 0.15) is 17.5 Å². The zero-order valence-electron chi connectivity index (χ0n) is 12.7. The van der Waals surface area contributed by atoms with Crippen LogP contribution >= 0.6 is 0 Å². The van der Waals surface area contributed by atoms with Crippen LogP contribution in [0.3, 0.4) is 0 Å². The van der Waals surface area contributed by atoms with E-state index >= 15 is 0 Å². The normalized spacial score (nSPS) is 11.0. The Labute approximate surface area is 125 Å². The summed E-state index contributed by atoms with van der Waals surface area (Å²) in [5, 5.41) is 0. The third-order valence-corrected chi connectivity index (χ3v) is 3.48. The molecule has 0 unspecified atom stereocenters. The first kappa shape index (κ1) is 15.3. The summed E-state index contributed by atoms with van der Waals surface area (Å²) >= 11 is 0. The van der Waals surface area contributed by atoms with Gasteiger partial charge in [-0.25, -0.2) is 0 Å². The van der Waals surface area contributed by atoms with Gasteiger partial charge < -0.3 is 15.2 Å². The van der Waals surface area contributed by atoms with Crippen molar-refractivity contribution in [3.05, 3.63) is 64.1 Å². The Hall–Kier alpha value is -2.07. The molecular weight excluding hydrogens is 262 g/mol. The average Bonchev–Trinajstić information content (AvgIpc) is 2.42. The highest BCUT2D eigenvalue weighted by Gasteiger charge is 2.02. The van der Waals surface area contributed by atoms with Crippen LogP contribution in [0.15, 0.2) is 47.4 Å². The van der Waals surface area contributed by atoms with Gasteiger partial charge in [-0.15, -0.1) is 0 Å². The number of hydrogen-bond donors (Lipinski definition) is 1. The molecule has 0 spiro atoms. The minimum atomic E-state index is 0.00513. The highest BCUT2D eigenvalue weighted by molar-refractivity contribution is 5.33. The van der Waals surface area contributed by atoms with E-state index in [2.05, 4.69) is 43.1 Å². The van der Waals surface area contributed by atoms with Gasteiger partial charge in [-0.1, -0.05) is 29.8 Å². The molecule has 0 fully saturated rings. The molecule has 4 nitrogen and oxygen atoms in total. The molecule has 112 valence electrons. The predicted molar refractivity (Wildman–Crippen MR) is 87.2 cm³/mol. The van der Waals surface area contributed by atoms with Gasteiger partial charge in [0.1, 0.15) is 0 Å². The third kappa shape index (κ3) is 4.76. The molecule has 1 aromatic carbocycles. The van der Waals surface area contributed by atoms with Gasteiger partial charge in [0.15, 0.2) is 0 Å². The van der Waals surface area contributed by atoms with Gasteiger partial charge in [0.2, 0.25) is 0 Å². The van der Waals surface area contributed by atoms with Crippen molar-refractivity contribution in [2.45, 2.75) is 26.4 Å². The lowest BCUT2D eigenvalue weighted by atomic mass is 10.1. The summed E-state index contributed by atoms with van der Waals surface area (Å²) in [4.78, 5) is 13.9. The van der Waals surface area contributed by atoms with Crippen molar-refractivity contribution in [2.24, 2.45) is 0 Å². The molecule has 2 N–H and O–H groups in total. The zero-order chi connectivity index (χ0) is 15.2. The number of anilines is 1. The van der Waals surface area contributed by atoms with Gasteiger partial charge in [0.05, 0.1) is 0 Å². The molecular formula is C17H23N3O. The van der Waals surface area contributed by atoms with Gasteiger partial charge in [-0.2, -0.15) is 0 Å². The van der Waals surface area contributed by atoms with Crippen LogP contribution in [0.5, 0.6) is 0 Å². The number of rotatable bonds is 6. The zero-order valence-corrected chi connectivity index (χ0v) is 12.7. The molecule has 0 atom stereocenters. The molecule has 0 aliphatic rings. The van der Waals surface area contributed by atoms with Crippen LogP contribution in [0.25, 0.3) is 0 Å². The number of nitrogen functional groups attached to an aromatic ring is 1. The summed E-state index contributed by atoms with van der Waals surface area (Å²) in [6, 6.07) is 11.7. The van der Waals surface area contributed by atoms with E-state index in [9.17, 15) is 4.79 Å². The van der Waals surface area contributed by atoms with Crippen LogP contribution in [-0.2, 0) is 13.1 Å². The molecule has 1 heterocycles. The van der Waals surface area contributed by atoms with Crippen molar-refractivity contribution >= 4 is 5.69 Å². The number of aryl methyl sites for hydroxylation is 2. The number of nitrogens with two attached hydrogens (primary N) is 1. The molecule has 0 saturated heterocycles. The number of hydrogen-bond acceptors (Lipinski definition) is 3. The second kappa shape index (κ2) is 7.09. The van der Waals surface area contributed by atoms with E-state index in [-0.39, 0.29) is 5.56 Å². The number of pyridine rings is 1. The van der Waals surface area contributed by atoms with Crippen molar-refractivity contribution < 1.29 is 0 Å². The van der Waals surface area contributed by atoms with Gasteiger partial charge in [-0.05, 0) is 38.6 Å². The van der Waals surface area contributed by atoms with Crippen molar-refractivity contribution in [3.8, 4) is 0 Å². The summed E-state index contributed by atoms with van der Waals surface area (Å²) in [5.41, 5.74) is 8.94. The Morgan fingerprint density at radius 1 is 1.24 bits per heavy atom. The van der Waals surface area contributed by atoms with Crippen LogP contribution in [0.4, 0.5) is 5.69 Å². The van der Waals surface area contributed by atoms with E-state index in [4.69, 9.17) is 5.73 Å². The topological polar surface area (TPSA) is 51.3 Å². The van der Waals surface area contributed by atoms with E-state index in [1.54, 1.807) is 16.8 Å². The van der Waals surface area contributed by atoms with Crippen molar-refractivity contribution in [2.75, 3.05) is 19.3 Å². The predicted octanol–water partition coefficient (Wildman–Crippen LogP) is 2.26. The molecule has 2 aromatic rings. The molecule has 0 saturated carbocycles. The van der Waals surface area contributed by atoms with E-state index in [0.29, 0.717) is 12.2 Å². The Morgan fingerprint density at radius 3 is 2.81 bits per heavy atom. The fraction of sp³-hybridized carbons (Fsp3) is 0.353. The van der Waals surface area contributed by atoms with E-state index in [1.807, 2.05) is 0 Å². The lowest BCUT2D eigenvalue weighted by Crippen LogP contribution is -2.24. The molecule has 4 heteroatoms. The summed E-state index contributed by atoms with van der Waals surface area (Å²) in [5.74, 6) is 0. The Kier molecular flexibility index (Phi) is 5.17. The third-order valence-electron chi connectivity index (χ3n) is 3.48. The smallest absolute Gasteiger partial charge is 0.250 e. The van der Waals surface area contributed by atoms with Crippen LogP contribution in [-0.4, -0.2) is 23.1 Å². The van der Waals surface area contributed by atoms with E-state index in [0.717, 1.165) is 19.5 Å². The van der Waals surface area contributed by atoms with Crippen LogP contribution in [0.2, 0.25) is 0 Å². The van der Waals surface area contributed by atoms with Crippen molar-refractivity contribution in [1.29, 1.82) is 0 Å². The standard InChI is InChI=1S/C17H23N3O/c1-14-5-3-6-15(11-14)12-19(2)9-4-10-20-13-16(18)7-8-17(20)21/h3,5-8,11,13H,4,9-10,12,18H2,1-2H3. The second-order valence-electron chi connectivity index (χ2n) is 5.57. The first-order valence-corrected chi connectivity index (χ1v) is 7.24. The quantitative estimate of drug-likeness (QED) is 0.885. The van der Waals surface area contributed by atoms with E-state index < -0.39 is 0 Å². The highest BCUT2D eigenvalue weighted by Crippen LogP contribution is 2.07. The summed E-state index contributed by atoms with van der Waals surface area (Å²) in [7, 11) is 2.10. The first-order valence-electron chi connectivity index (χ1n) is 7.24. The lowest BCUT2D eigenvalue weighted by Gasteiger charge is -2.17. The Morgan fingerprint density at radius 2 is 2.05 bits per heavy atom. The maximum Gasteiger partial charge on any atom is 0.250 e. The van der Waals surface area contributed by atoms with Gasteiger partial charge in [0.25, 0.3) is 5.56 Å². The summed E-state index contributed by atoms with van der Waals surface area (Å²) in [6.07, 6.45) is 2.63. The second-order valence-corrected chi connectivity index (χ2v) is 5.57. The number of benzene rings is 1. The summed E-state index contributed by atoms with van der Waals surface area (Å²) < 4.78 is 1.68. The molecule has 0 aliphatic heterocycles. The van der Waals surface area contributed by atoms with Crippen molar-refractivity contribution in [3.63, 3.8) is 0 Å².